The predicted octanol–water partition coefficient (Wildman–Crippen LogP) is 6.01. The molecule has 0 aliphatic heterocycles. The second kappa shape index (κ2) is 7.68. The molecule has 0 fully saturated rings. The molecule has 0 spiro atoms. The molecule has 3 nitrogen and oxygen atoms in total. The second-order valence-electron chi connectivity index (χ2n) is 5.56. The van der Waals surface area contributed by atoms with Gasteiger partial charge in [-0.1, -0.05) is 72.4 Å². The zero-order chi connectivity index (χ0) is 17.8. The van der Waals surface area contributed by atoms with Crippen LogP contribution in [0.25, 0.3) is 22.8 Å². The van der Waals surface area contributed by atoms with E-state index in [2.05, 4.69) is 39.2 Å². The van der Waals surface area contributed by atoms with Crippen molar-refractivity contribution in [1.82, 2.24) is 15.0 Å². The van der Waals surface area contributed by atoms with Gasteiger partial charge in [0.25, 0.3) is 0 Å². The molecule has 1 heterocycles. The maximum Gasteiger partial charge on any atom is 0.226 e. The smallest absolute Gasteiger partial charge is 0.208 e. The van der Waals surface area contributed by atoms with Gasteiger partial charge in [-0.15, -0.1) is 0 Å². The SMILES string of the molecule is Clc1nc(-c2ccccc2)nc(-c2ccc(Sc3ccccc3)cc2)n1. The summed E-state index contributed by atoms with van der Waals surface area (Å²) in [4.78, 5) is 15.5. The van der Waals surface area contributed by atoms with Crippen LogP contribution in [0.3, 0.4) is 0 Å². The van der Waals surface area contributed by atoms with Crippen LogP contribution in [0.5, 0.6) is 0 Å². The molecule has 26 heavy (non-hydrogen) atoms. The van der Waals surface area contributed by atoms with Gasteiger partial charge in [-0.3, -0.25) is 0 Å². The number of benzene rings is 3. The van der Waals surface area contributed by atoms with Crippen molar-refractivity contribution in [1.29, 1.82) is 0 Å². The largest absolute Gasteiger partial charge is 0.226 e. The van der Waals surface area contributed by atoms with Crippen molar-refractivity contribution in [3.63, 3.8) is 0 Å². The van der Waals surface area contributed by atoms with E-state index in [4.69, 9.17) is 11.6 Å². The van der Waals surface area contributed by atoms with E-state index < -0.39 is 0 Å². The van der Waals surface area contributed by atoms with Gasteiger partial charge in [-0.2, -0.15) is 9.97 Å². The van der Waals surface area contributed by atoms with E-state index in [-0.39, 0.29) is 5.28 Å². The molecule has 0 aliphatic rings. The number of halogens is 1. The van der Waals surface area contributed by atoms with Gasteiger partial charge >= 0.3 is 0 Å². The quantitative estimate of drug-likeness (QED) is 0.437. The van der Waals surface area contributed by atoms with E-state index >= 15 is 0 Å². The van der Waals surface area contributed by atoms with Gasteiger partial charge in [0.1, 0.15) is 0 Å². The standard InChI is InChI=1S/C21H14ClN3S/c22-21-24-19(15-7-3-1-4-8-15)23-20(25-21)16-11-13-18(14-12-16)26-17-9-5-2-6-10-17/h1-14H. The molecule has 0 saturated heterocycles. The Bertz CT molecular complexity index is 1010. The Balaban J connectivity index is 1.62. The Morgan fingerprint density at radius 3 is 1.65 bits per heavy atom. The number of hydrogen-bond acceptors (Lipinski definition) is 4. The van der Waals surface area contributed by atoms with Crippen LogP contribution in [0.1, 0.15) is 0 Å². The molecular weight excluding hydrogens is 362 g/mol. The first-order valence-electron chi connectivity index (χ1n) is 8.08. The number of hydrogen-bond donors (Lipinski definition) is 0. The lowest BCUT2D eigenvalue weighted by Crippen LogP contribution is -1.97. The van der Waals surface area contributed by atoms with Crippen LogP contribution in [0.2, 0.25) is 5.28 Å². The van der Waals surface area contributed by atoms with E-state index in [1.54, 1.807) is 11.8 Å². The first-order valence-corrected chi connectivity index (χ1v) is 9.28. The van der Waals surface area contributed by atoms with Crippen molar-refractivity contribution in [2.75, 3.05) is 0 Å². The van der Waals surface area contributed by atoms with Crippen LogP contribution in [-0.2, 0) is 0 Å². The predicted molar refractivity (Wildman–Crippen MR) is 106 cm³/mol. The molecule has 126 valence electrons. The summed E-state index contributed by atoms with van der Waals surface area (Å²) in [5, 5.41) is 0.191. The molecule has 5 heteroatoms. The molecule has 0 radical (unpaired) electrons. The van der Waals surface area contributed by atoms with Gasteiger partial charge in [0.15, 0.2) is 11.6 Å². The van der Waals surface area contributed by atoms with E-state index in [0.29, 0.717) is 11.6 Å². The Morgan fingerprint density at radius 1 is 0.538 bits per heavy atom. The third-order valence-corrected chi connectivity index (χ3v) is 4.92. The summed E-state index contributed by atoms with van der Waals surface area (Å²) in [5.41, 5.74) is 1.82. The van der Waals surface area contributed by atoms with E-state index in [1.165, 1.54) is 4.90 Å². The first kappa shape index (κ1) is 16.8. The molecule has 0 atom stereocenters. The van der Waals surface area contributed by atoms with E-state index in [9.17, 15) is 0 Å². The Kier molecular flexibility index (Phi) is 4.95. The average Bonchev–Trinajstić information content (AvgIpc) is 2.70. The summed E-state index contributed by atoms with van der Waals surface area (Å²) in [6.45, 7) is 0. The van der Waals surface area contributed by atoms with Crippen molar-refractivity contribution < 1.29 is 0 Å². The van der Waals surface area contributed by atoms with Gasteiger partial charge in [0.2, 0.25) is 5.28 Å². The highest BCUT2D eigenvalue weighted by Crippen LogP contribution is 2.29. The minimum absolute atomic E-state index is 0.191. The van der Waals surface area contributed by atoms with Crippen molar-refractivity contribution in [2.45, 2.75) is 9.79 Å². The lowest BCUT2D eigenvalue weighted by atomic mass is 10.2. The summed E-state index contributed by atoms with van der Waals surface area (Å²) >= 11 is 7.84. The summed E-state index contributed by atoms with van der Waals surface area (Å²) in [5.74, 6) is 1.14. The maximum absolute atomic E-state index is 6.12. The van der Waals surface area contributed by atoms with Crippen LogP contribution in [-0.4, -0.2) is 15.0 Å². The third kappa shape index (κ3) is 3.93. The van der Waals surface area contributed by atoms with E-state index in [1.807, 2.05) is 60.7 Å². The van der Waals surface area contributed by atoms with Gasteiger partial charge in [0, 0.05) is 20.9 Å². The molecule has 4 rings (SSSR count). The third-order valence-electron chi connectivity index (χ3n) is 3.73. The molecule has 0 saturated carbocycles. The topological polar surface area (TPSA) is 38.7 Å². The molecule has 3 aromatic carbocycles. The van der Waals surface area contributed by atoms with Crippen LogP contribution >= 0.6 is 23.4 Å². The zero-order valence-electron chi connectivity index (χ0n) is 13.7. The fourth-order valence-electron chi connectivity index (χ4n) is 2.49. The van der Waals surface area contributed by atoms with Crippen molar-refractivity contribution in [3.8, 4) is 22.8 Å². The molecule has 0 N–H and O–H groups in total. The second-order valence-corrected chi connectivity index (χ2v) is 7.04. The van der Waals surface area contributed by atoms with Gasteiger partial charge in [-0.05, 0) is 35.9 Å². The summed E-state index contributed by atoms with van der Waals surface area (Å²) in [6.07, 6.45) is 0. The average molecular weight is 376 g/mol. The van der Waals surface area contributed by atoms with Gasteiger partial charge < -0.3 is 0 Å². The maximum atomic E-state index is 6.12. The Labute approximate surface area is 161 Å². The minimum Gasteiger partial charge on any atom is -0.208 e. The Hall–Kier alpha value is -2.69. The molecule has 4 aromatic rings. The highest BCUT2D eigenvalue weighted by Gasteiger charge is 2.09. The molecule has 0 aliphatic carbocycles. The molecule has 0 unspecified atom stereocenters. The number of aromatic nitrogens is 3. The summed E-state index contributed by atoms with van der Waals surface area (Å²) < 4.78 is 0. The van der Waals surface area contributed by atoms with Gasteiger partial charge in [-0.25, -0.2) is 4.98 Å². The first-order chi connectivity index (χ1) is 12.8. The van der Waals surface area contributed by atoms with Gasteiger partial charge in [0.05, 0.1) is 0 Å². The fourth-order valence-corrected chi connectivity index (χ4v) is 3.49. The summed E-state index contributed by atoms with van der Waals surface area (Å²) in [6, 6.07) is 28.2. The van der Waals surface area contributed by atoms with Crippen molar-refractivity contribution in [2.24, 2.45) is 0 Å². The van der Waals surface area contributed by atoms with Crippen LogP contribution in [0.15, 0.2) is 94.7 Å². The zero-order valence-corrected chi connectivity index (χ0v) is 15.3. The number of rotatable bonds is 4. The lowest BCUT2D eigenvalue weighted by molar-refractivity contribution is 1.06. The van der Waals surface area contributed by atoms with Crippen molar-refractivity contribution >= 4 is 23.4 Å². The number of nitrogens with zero attached hydrogens (tertiary/aromatic N) is 3. The monoisotopic (exact) mass is 375 g/mol. The normalized spacial score (nSPS) is 10.7. The highest BCUT2D eigenvalue weighted by atomic mass is 35.5. The lowest BCUT2D eigenvalue weighted by Gasteiger charge is -2.06. The van der Waals surface area contributed by atoms with E-state index in [0.717, 1.165) is 16.0 Å². The Morgan fingerprint density at radius 2 is 1.04 bits per heavy atom. The van der Waals surface area contributed by atoms with Crippen molar-refractivity contribution in [3.05, 3.63) is 90.2 Å². The molecule has 1 aromatic heterocycles. The van der Waals surface area contributed by atoms with Crippen LogP contribution in [0.4, 0.5) is 0 Å². The molecule has 0 bridgehead atoms. The highest BCUT2D eigenvalue weighted by molar-refractivity contribution is 7.99. The minimum atomic E-state index is 0.191. The molecule has 0 amide bonds. The van der Waals surface area contributed by atoms with Crippen LogP contribution in [0, 0.1) is 0 Å². The summed E-state index contributed by atoms with van der Waals surface area (Å²) in [7, 11) is 0. The fraction of sp³-hybridized carbons (Fsp3) is 0. The molecular formula is C21H14ClN3S. The van der Waals surface area contributed by atoms with Crippen LogP contribution < -0.4 is 0 Å².